The van der Waals surface area contributed by atoms with Crippen LogP contribution < -0.4 is 5.32 Å². The molecule has 146 valence electrons. The molecule has 3 aromatic carbocycles. The van der Waals surface area contributed by atoms with E-state index in [-0.39, 0.29) is 17.2 Å². The predicted molar refractivity (Wildman–Crippen MR) is 122 cm³/mol. The third-order valence-electron chi connectivity index (χ3n) is 6.01. The summed E-state index contributed by atoms with van der Waals surface area (Å²) < 4.78 is 0. The lowest BCUT2D eigenvalue weighted by molar-refractivity contribution is -0.118. The van der Waals surface area contributed by atoms with Crippen molar-refractivity contribution in [1.29, 1.82) is 0 Å². The highest BCUT2D eigenvalue weighted by atomic mass is 35.5. The normalized spacial score (nSPS) is 20.3. The van der Waals surface area contributed by atoms with Gasteiger partial charge in [-0.3, -0.25) is 4.79 Å². The van der Waals surface area contributed by atoms with Crippen LogP contribution in [0.4, 0.5) is 5.69 Å². The quantitative estimate of drug-likeness (QED) is 0.441. The molecule has 0 saturated carbocycles. The molecule has 1 atom stereocenters. The van der Waals surface area contributed by atoms with Crippen LogP contribution in [0.15, 0.2) is 60.2 Å². The smallest absolute Gasteiger partial charge is 0.162 e. The Morgan fingerprint density at radius 3 is 2.59 bits per heavy atom. The van der Waals surface area contributed by atoms with E-state index in [1.807, 2.05) is 18.2 Å². The number of nitrogens with one attached hydrogen (secondary N) is 1. The fourth-order valence-electron chi connectivity index (χ4n) is 4.81. The van der Waals surface area contributed by atoms with Gasteiger partial charge in [0.2, 0.25) is 0 Å². The third kappa shape index (κ3) is 3.06. The summed E-state index contributed by atoms with van der Waals surface area (Å²) in [4.78, 5) is 13.4. The van der Waals surface area contributed by atoms with Gasteiger partial charge in [0.05, 0.1) is 6.04 Å². The van der Waals surface area contributed by atoms with Crippen molar-refractivity contribution in [2.45, 2.75) is 32.7 Å². The van der Waals surface area contributed by atoms with Crippen LogP contribution in [-0.2, 0) is 4.79 Å². The van der Waals surface area contributed by atoms with E-state index in [4.69, 9.17) is 23.2 Å². The molecular formula is C25H21Cl2NO. The van der Waals surface area contributed by atoms with Crippen LogP contribution in [0.5, 0.6) is 0 Å². The summed E-state index contributed by atoms with van der Waals surface area (Å²) in [6, 6.07) is 17.8. The zero-order chi connectivity index (χ0) is 20.3. The summed E-state index contributed by atoms with van der Waals surface area (Å²) >= 11 is 12.7. The van der Waals surface area contributed by atoms with Crippen LogP contribution in [0.25, 0.3) is 16.3 Å². The number of allylic oxidation sites excluding steroid dienone is 1. The van der Waals surface area contributed by atoms with E-state index in [0.29, 0.717) is 16.5 Å². The number of hydrogen-bond acceptors (Lipinski definition) is 2. The fourth-order valence-corrected chi connectivity index (χ4v) is 5.32. The fraction of sp³-hybridized carbons (Fsp3) is 0.240. The van der Waals surface area contributed by atoms with E-state index in [1.54, 1.807) is 6.07 Å². The monoisotopic (exact) mass is 421 g/mol. The summed E-state index contributed by atoms with van der Waals surface area (Å²) in [5.41, 5.74) is 5.00. The SMILES string of the molecule is CC1(C)CC(=O)C2=C(C1)c1c(ccc3ccccc13)N[C@@H]2c1ccc(Cl)cc1Cl. The number of ketones is 1. The average Bonchev–Trinajstić information content (AvgIpc) is 2.66. The lowest BCUT2D eigenvalue weighted by Gasteiger charge is -2.40. The second-order valence-corrected chi connectivity index (χ2v) is 9.63. The number of rotatable bonds is 1. The lowest BCUT2D eigenvalue weighted by atomic mass is 9.68. The number of anilines is 1. The topological polar surface area (TPSA) is 29.1 Å². The van der Waals surface area contributed by atoms with Crippen molar-refractivity contribution >= 4 is 51.0 Å². The highest BCUT2D eigenvalue weighted by molar-refractivity contribution is 6.35. The molecule has 0 spiro atoms. The van der Waals surface area contributed by atoms with Crippen LogP contribution in [0, 0.1) is 5.41 Å². The molecule has 0 amide bonds. The highest BCUT2D eigenvalue weighted by Gasteiger charge is 2.41. The molecule has 0 bridgehead atoms. The molecule has 4 heteroatoms. The third-order valence-corrected chi connectivity index (χ3v) is 6.58. The number of carbonyl (C=O) groups excluding carboxylic acids is 1. The molecule has 0 saturated heterocycles. The van der Waals surface area contributed by atoms with Crippen LogP contribution in [0.3, 0.4) is 0 Å². The number of benzene rings is 3. The van der Waals surface area contributed by atoms with Gasteiger partial charge in [-0.25, -0.2) is 0 Å². The maximum absolute atomic E-state index is 13.4. The summed E-state index contributed by atoms with van der Waals surface area (Å²) in [6.07, 6.45) is 1.40. The Morgan fingerprint density at radius 2 is 1.79 bits per heavy atom. The molecule has 0 radical (unpaired) electrons. The molecule has 0 unspecified atom stereocenters. The summed E-state index contributed by atoms with van der Waals surface area (Å²) in [7, 11) is 0. The van der Waals surface area contributed by atoms with Gasteiger partial charge in [0.25, 0.3) is 0 Å². The van der Waals surface area contributed by atoms with Crippen molar-refractivity contribution in [2.75, 3.05) is 5.32 Å². The Bertz CT molecular complexity index is 1210. The molecule has 3 aromatic rings. The Kier molecular flexibility index (Phi) is 4.27. The maximum Gasteiger partial charge on any atom is 0.162 e. The summed E-state index contributed by atoms with van der Waals surface area (Å²) in [5.74, 6) is 0.193. The van der Waals surface area contributed by atoms with E-state index in [9.17, 15) is 4.79 Å². The van der Waals surface area contributed by atoms with Gasteiger partial charge in [-0.05, 0) is 51.9 Å². The van der Waals surface area contributed by atoms with Gasteiger partial charge in [0.15, 0.2) is 5.78 Å². The minimum Gasteiger partial charge on any atom is -0.373 e. The molecule has 2 nitrogen and oxygen atoms in total. The molecule has 0 aromatic heterocycles. The Labute approximate surface area is 180 Å². The highest BCUT2D eigenvalue weighted by Crippen LogP contribution is 2.52. The zero-order valence-electron chi connectivity index (χ0n) is 16.4. The first kappa shape index (κ1) is 18.7. The molecule has 1 aliphatic carbocycles. The van der Waals surface area contributed by atoms with Gasteiger partial charge in [0.1, 0.15) is 0 Å². The average molecular weight is 422 g/mol. The first-order valence-corrected chi connectivity index (χ1v) is 10.6. The molecule has 1 heterocycles. The Morgan fingerprint density at radius 1 is 1.00 bits per heavy atom. The lowest BCUT2D eigenvalue weighted by Crippen LogP contribution is -2.33. The van der Waals surface area contributed by atoms with E-state index < -0.39 is 0 Å². The van der Waals surface area contributed by atoms with Crippen molar-refractivity contribution in [3.63, 3.8) is 0 Å². The first-order chi connectivity index (χ1) is 13.8. The summed E-state index contributed by atoms with van der Waals surface area (Å²) in [5, 5.41) is 7.13. The minimum absolute atomic E-state index is 0.0736. The van der Waals surface area contributed by atoms with Crippen LogP contribution in [0.2, 0.25) is 10.0 Å². The van der Waals surface area contributed by atoms with Gasteiger partial charge >= 0.3 is 0 Å². The van der Waals surface area contributed by atoms with Crippen LogP contribution in [0.1, 0.15) is 43.9 Å². The van der Waals surface area contributed by atoms with E-state index in [2.05, 4.69) is 49.5 Å². The van der Waals surface area contributed by atoms with Crippen molar-refractivity contribution in [3.05, 3.63) is 81.3 Å². The van der Waals surface area contributed by atoms with Gasteiger partial charge in [-0.2, -0.15) is 0 Å². The van der Waals surface area contributed by atoms with Gasteiger partial charge < -0.3 is 5.32 Å². The Balaban J connectivity index is 1.81. The molecule has 2 aliphatic rings. The molecule has 1 N–H and O–H groups in total. The van der Waals surface area contributed by atoms with Gasteiger partial charge in [0, 0.05) is 33.3 Å². The maximum atomic E-state index is 13.4. The second kappa shape index (κ2) is 6.62. The number of fused-ring (bicyclic) bond motifs is 4. The van der Waals surface area contributed by atoms with Crippen LogP contribution >= 0.6 is 23.2 Å². The van der Waals surface area contributed by atoms with Gasteiger partial charge in [-0.15, -0.1) is 0 Å². The predicted octanol–water partition coefficient (Wildman–Crippen LogP) is 7.46. The van der Waals surface area contributed by atoms with Crippen molar-refractivity contribution in [2.24, 2.45) is 5.41 Å². The number of carbonyl (C=O) groups is 1. The molecule has 0 fully saturated rings. The number of halogens is 2. The zero-order valence-corrected chi connectivity index (χ0v) is 17.9. The standard InChI is InChI=1S/C25H21Cl2NO/c1-25(2)12-18-22-16-6-4-3-5-14(16)7-10-20(22)28-24(23(18)21(29)13-25)17-9-8-15(26)11-19(17)27/h3-11,24,28H,12-13H2,1-2H3/t24-/m1/s1. The van der Waals surface area contributed by atoms with Crippen molar-refractivity contribution in [3.8, 4) is 0 Å². The Hall–Kier alpha value is -2.29. The molecular weight excluding hydrogens is 401 g/mol. The first-order valence-electron chi connectivity index (χ1n) is 9.84. The molecule has 29 heavy (non-hydrogen) atoms. The largest absolute Gasteiger partial charge is 0.373 e. The van der Waals surface area contributed by atoms with E-state index in [0.717, 1.165) is 34.4 Å². The van der Waals surface area contributed by atoms with Crippen molar-refractivity contribution < 1.29 is 4.79 Å². The van der Waals surface area contributed by atoms with Crippen molar-refractivity contribution in [1.82, 2.24) is 0 Å². The van der Waals surface area contributed by atoms with E-state index >= 15 is 0 Å². The van der Waals surface area contributed by atoms with E-state index in [1.165, 1.54) is 10.8 Å². The number of Topliss-reactive ketones (excluding diaryl/α,β-unsaturated/α-hetero) is 1. The van der Waals surface area contributed by atoms with Crippen LogP contribution in [-0.4, -0.2) is 5.78 Å². The van der Waals surface area contributed by atoms with Gasteiger partial charge in [-0.1, -0.05) is 73.4 Å². The molecule has 1 aliphatic heterocycles. The second-order valence-electron chi connectivity index (χ2n) is 8.79. The minimum atomic E-state index is -0.271. The number of hydrogen-bond donors (Lipinski definition) is 1. The summed E-state index contributed by atoms with van der Waals surface area (Å²) in [6.45, 7) is 4.34. The molecule has 5 rings (SSSR count).